The van der Waals surface area contributed by atoms with E-state index in [1.54, 1.807) is 28.9 Å². The van der Waals surface area contributed by atoms with Crippen LogP contribution >= 0.6 is 0 Å². The monoisotopic (exact) mass is 358 g/mol. The smallest absolute Gasteiger partial charge is 0.252 e. The van der Waals surface area contributed by atoms with E-state index >= 15 is 0 Å². The van der Waals surface area contributed by atoms with E-state index in [4.69, 9.17) is 15.2 Å². The number of aromatic nitrogens is 3. The molecule has 3 heterocycles. The Kier molecular flexibility index (Phi) is 5.01. The summed E-state index contributed by atoms with van der Waals surface area (Å²) in [5, 5.41) is 19.1. The van der Waals surface area contributed by atoms with E-state index in [1.165, 1.54) is 13.2 Å². The van der Waals surface area contributed by atoms with Gasteiger partial charge in [0.2, 0.25) is 5.88 Å². The Hall–Kier alpha value is -3.17. The number of carbonyl (C=O) groups is 1. The van der Waals surface area contributed by atoms with Gasteiger partial charge in [-0.1, -0.05) is 0 Å². The van der Waals surface area contributed by atoms with E-state index in [2.05, 4.69) is 9.97 Å². The molecule has 0 saturated carbocycles. The second kappa shape index (κ2) is 7.38. The number of primary amides is 1. The van der Waals surface area contributed by atoms with Crippen LogP contribution in [0.25, 0.3) is 5.65 Å². The number of fused-ring (bicyclic) bond motifs is 1. The molecule has 0 aromatic carbocycles. The van der Waals surface area contributed by atoms with E-state index in [-0.39, 0.29) is 37.1 Å². The number of hydrogen-bond donors (Lipinski definition) is 3. The topological polar surface area (TPSA) is 132 Å². The molecule has 3 aromatic rings. The van der Waals surface area contributed by atoms with E-state index in [1.807, 2.05) is 0 Å². The van der Waals surface area contributed by atoms with Crippen LogP contribution in [-0.4, -0.2) is 37.6 Å². The van der Waals surface area contributed by atoms with Crippen molar-refractivity contribution >= 4 is 11.6 Å². The Morgan fingerprint density at radius 2 is 2.12 bits per heavy atom. The van der Waals surface area contributed by atoms with Gasteiger partial charge >= 0.3 is 0 Å². The van der Waals surface area contributed by atoms with Gasteiger partial charge in [-0.2, -0.15) is 0 Å². The molecular formula is C17H18N4O5. The fourth-order valence-corrected chi connectivity index (χ4v) is 2.59. The van der Waals surface area contributed by atoms with Crippen LogP contribution in [0.3, 0.4) is 0 Å². The normalized spacial score (nSPS) is 10.9. The van der Waals surface area contributed by atoms with E-state index < -0.39 is 5.91 Å². The minimum atomic E-state index is -0.571. The van der Waals surface area contributed by atoms with Crippen LogP contribution in [0.2, 0.25) is 0 Å². The number of pyridine rings is 2. The largest absolute Gasteiger partial charge is 0.485 e. The Labute approximate surface area is 148 Å². The molecule has 0 aliphatic rings. The summed E-state index contributed by atoms with van der Waals surface area (Å²) >= 11 is 0. The summed E-state index contributed by atoms with van der Waals surface area (Å²) in [6, 6.07) is 4.82. The number of aliphatic hydroxyl groups excluding tert-OH is 2. The van der Waals surface area contributed by atoms with Crippen molar-refractivity contribution in [1.29, 1.82) is 0 Å². The molecular weight excluding hydrogens is 340 g/mol. The lowest BCUT2D eigenvalue weighted by Crippen LogP contribution is -2.12. The molecule has 9 heteroatoms. The van der Waals surface area contributed by atoms with Crippen LogP contribution in [0.15, 0.2) is 30.6 Å². The first kappa shape index (κ1) is 17.6. The maximum atomic E-state index is 11.5. The van der Waals surface area contributed by atoms with Crippen LogP contribution in [0, 0.1) is 0 Å². The molecule has 0 aliphatic heterocycles. The number of imidazole rings is 1. The highest BCUT2D eigenvalue weighted by molar-refractivity contribution is 5.98. The molecule has 0 bridgehead atoms. The highest BCUT2D eigenvalue weighted by atomic mass is 16.5. The first-order valence-corrected chi connectivity index (χ1v) is 7.75. The van der Waals surface area contributed by atoms with Crippen molar-refractivity contribution in [3.05, 3.63) is 53.1 Å². The van der Waals surface area contributed by atoms with Gasteiger partial charge < -0.3 is 29.8 Å². The Bertz CT molecular complexity index is 928. The number of hydrogen-bond acceptors (Lipinski definition) is 7. The molecule has 3 aromatic heterocycles. The summed E-state index contributed by atoms with van der Waals surface area (Å²) in [4.78, 5) is 20.0. The Morgan fingerprint density at radius 1 is 1.31 bits per heavy atom. The van der Waals surface area contributed by atoms with Gasteiger partial charge in [-0.05, 0) is 12.1 Å². The molecule has 26 heavy (non-hydrogen) atoms. The third-order valence-electron chi connectivity index (χ3n) is 3.79. The summed E-state index contributed by atoms with van der Waals surface area (Å²) in [6.07, 6.45) is 3.45. The molecule has 4 N–H and O–H groups in total. The van der Waals surface area contributed by atoms with Gasteiger partial charge in [0.05, 0.1) is 31.6 Å². The lowest BCUT2D eigenvalue weighted by atomic mass is 10.2. The van der Waals surface area contributed by atoms with Gasteiger partial charge in [-0.25, -0.2) is 9.97 Å². The van der Waals surface area contributed by atoms with Crippen molar-refractivity contribution in [2.24, 2.45) is 5.73 Å². The molecule has 136 valence electrons. The predicted octanol–water partition coefficient (Wildman–Crippen LogP) is 0.400. The van der Waals surface area contributed by atoms with Crippen LogP contribution in [0.1, 0.15) is 27.3 Å². The van der Waals surface area contributed by atoms with Crippen molar-refractivity contribution in [1.82, 2.24) is 14.4 Å². The van der Waals surface area contributed by atoms with Gasteiger partial charge in [0.15, 0.2) is 0 Å². The standard InChI is InChI=1S/C17H18N4O5/c1-25-14-5-10(7-22)15(13(8-23)20-14)26-9-11-6-21-4-2-3-12(16(18)24)17(21)19-11/h2-6,22-23H,7-9H2,1H3,(H2,18,24). The number of rotatable bonds is 7. The zero-order chi connectivity index (χ0) is 18.7. The zero-order valence-electron chi connectivity index (χ0n) is 14.0. The third kappa shape index (κ3) is 3.30. The summed E-state index contributed by atoms with van der Waals surface area (Å²) in [5.74, 6) is -0.0367. The molecule has 0 fully saturated rings. The number of carbonyl (C=O) groups excluding carboxylic acids is 1. The SMILES string of the molecule is COc1cc(CO)c(OCc2cn3cccc(C(N)=O)c3n2)c(CO)n1. The molecule has 0 aliphatic carbocycles. The third-order valence-corrected chi connectivity index (χ3v) is 3.79. The van der Waals surface area contributed by atoms with Gasteiger partial charge in [-0.15, -0.1) is 0 Å². The highest BCUT2D eigenvalue weighted by Crippen LogP contribution is 2.27. The maximum absolute atomic E-state index is 11.5. The Morgan fingerprint density at radius 3 is 2.77 bits per heavy atom. The lowest BCUT2D eigenvalue weighted by molar-refractivity contribution is 0.100. The van der Waals surface area contributed by atoms with Gasteiger partial charge in [0.25, 0.3) is 5.91 Å². The average Bonchev–Trinajstić information content (AvgIpc) is 3.08. The van der Waals surface area contributed by atoms with Crippen LogP contribution in [-0.2, 0) is 19.8 Å². The van der Waals surface area contributed by atoms with Gasteiger partial charge in [0, 0.05) is 24.0 Å². The van der Waals surface area contributed by atoms with Crippen LogP contribution in [0.4, 0.5) is 0 Å². The average molecular weight is 358 g/mol. The summed E-state index contributed by atoms with van der Waals surface area (Å²) in [5.41, 5.74) is 7.31. The number of nitrogens with two attached hydrogens (primary N) is 1. The molecule has 9 nitrogen and oxygen atoms in total. The predicted molar refractivity (Wildman–Crippen MR) is 90.7 cm³/mol. The Balaban J connectivity index is 1.91. The first-order valence-electron chi connectivity index (χ1n) is 7.75. The lowest BCUT2D eigenvalue weighted by Gasteiger charge is -2.14. The first-order chi connectivity index (χ1) is 12.6. The second-order valence-electron chi connectivity index (χ2n) is 5.45. The van der Waals surface area contributed by atoms with Crippen molar-refractivity contribution in [2.75, 3.05) is 7.11 Å². The molecule has 0 saturated heterocycles. The number of amides is 1. The van der Waals surface area contributed by atoms with Crippen LogP contribution in [0.5, 0.6) is 11.6 Å². The van der Waals surface area contributed by atoms with E-state index in [0.717, 1.165) is 0 Å². The molecule has 0 atom stereocenters. The van der Waals surface area contributed by atoms with E-state index in [9.17, 15) is 15.0 Å². The number of nitrogens with zero attached hydrogens (tertiary/aromatic N) is 3. The summed E-state index contributed by atoms with van der Waals surface area (Å²) in [6.45, 7) is -0.636. The molecule has 1 amide bonds. The number of aliphatic hydroxyl groups is 2. The fraction of sp³-hybridized carbons (Fsp3) is 0.235. The summed E-state index contributed by atoms with van der Waals surface area (Å²) in [7, 11) is 1.44. The van der Waals surface area contributed by atoms with Gasteiger partial charge in [-0.3, -0.25) is 4.79 Å². The molecule has 0 radical (unpaired) electrons. The molecule has 3 rings (SSSR count). The van der Waals surface area contributed by atoms with Crippen molar-refractivity contribution < 1.29 is 24.5 Å². The molecule has 0 spiro atoms. The van der Waals surface area contributed by atoms with Crippen LogP contribution < -0.4 is 15.2 Å². The minimum absolute atomic E-state index is 0.0495. The van der Waals surface area contributed by atoms with Crippen molar-refractivity contribution in [3.63, 3.8) is 0 Å². The molecule has 0 unspecified atom stereocenters. The van der Waals surface area contributed by atoms with E-state index in [0.29, 0.717) is 22.5 Å². The van der Waals surface area contributed by atoms with Crippen molar-refractivity contribution in [3.8, 4) is 11.6 Å². The zero-order valence-corrected chi connectivity index (χ0v) is 14.0. The minimum Gasteiger partial charge on any atom is -0.485 e. The van der Waals surface area contributed by atoms with Gasteiger partial charge in [0.1, 0.15) is 23.7 Å². The fourth-order valence-electron chi connectivity index (χ4n) is 2.59. The number of methoxy groups -OCH3 is 1. The second-order valence-corrected chi connectivity index (χ2v) is 5.45. The van der Waals surface area contributed by atoms with Crippen molar-refractivity contribution in [2.45, 2.75) is 19.8 Å². The number of ether oxygens (including phenoxy) is 2. The maximum Gasteiger partial charge on any atom is 0.252 e. The summed E-state index contributed by atoms with van der Waals surface area (Å²) < 4.78 is 12.5. The highest BCUT2D eigenvalue weighted by Gasteiger charge is 2.16. The quantitative estimate of drug-likeness (QED) is 0.557.